The van der Waals surface area contributed by atoms with Crippen LogP contribution in [0.5, 0.6) is 5.75 Å². The topological polar surface area (TPSA) is 42.2 Å². The fourth-order valence-electron chi connectivity index (χ4n) is 4.70. The molecular formula is C33H46BrClN2O2S. The largest absolute Gasteiger partial charge is 1.00 e. The van der Waals surface area contributed by atoms with E-state index in [1.54, 1.807) is 29.5 Å². The molecule has 0 aliphatic carbocycles. The number of carbonyl (C=O) groups excluding carboxylic acids is 1. The van der Waals surface area contributed by atoms with E-state index in [4.69, 9.17) is 16.3 Å². The first-order chi connectivity index (χ1) is 19.2. The van der Waals surface area contributed by atoms with Gasteiger partial charge in [0.15, 0.2) is 12.7 Å². The van der Waals surface area contributed by atoms with Gasteiger partial charge in [0.1, 0.15) is 5.75 Å². The zero-order chi connectivity index (χ0) is 27.5. The number of halogens is 2. The van der Waals surface area contributed by atoms with Gasteiger partial charge in [0.05, 0.1) is 17.0 Å². The van der Waals surface area contributed by atoms with Crippen LogP contribution >= 0.6 is 22.9 Å². The standard InChI is InChI=1S/C33H45ClN2O2S.BrH/c1-2-3-4-5-6-7-8-9-10-11-12-13-14-15-23-38-32-21-18-29(25-31(32)34)33(37)35-30-19-16-28(17-20-30)26-36-22-24-39-27-36;/h16-22,24-25,27H,2-15,23,26H2,1H3;1H. The van der Waals surface area contributed by atoms with Gasteiger partial charge in [-0.05, 0) is 36.8 Å². The van der Waals surface area contributed by atoms with Gasteiger partial charge in [0.25, 0.3) is 5.91 Å². The van der Waals surface area contributed by atoms with Crippen LogP contribution in [-0.2, 0) is 6.54 Å². The zero-order valence-corrected chi connectivity index (χ0v) is 27.2. The number of anilines is 1. The van der Waals surface area contributed by atoms with Crippen LogP contribution in [0.3, 0.4) is 0 Å². The number of thiazole rings is 1. The van der Waals surface area contributed by atoms with Crippen LogP contribution < -0.4 is 31.6 Å². The number of hydrogen-bond donors (Lipinski definition) is 1. The Hall–Kier alpha value is -1.89. The van der Waals surface area contributed by atoms with E-state index >= 15 is 0 Å². The summed E-state index contributed by atoms with van der Waals surface area (Å²) in [5.74, 6) is 0.452. The van der Waals surface area contributed by atoms with Crippen molar-refractivity contribution < 1.29 is 31.1 Å². The van der Waals surface area contributed by atoms with E-state index in [2.05, 4.69) is 33.9 Å². The molecule has 3 aromatic rings. The summed E-state index contributed by atoms with van der Waals surface area (Å²) in [6.07, 6.45) is 20.8. The number of aromatic nitrogens is 1. The third kappa shape index (κ3) is 13.6. The van der Waals surface area contributed by atoms with Gasteiger partial charge in [-0.1, -0.05) is 125 Å². The van der Waals surface area contributed by atoms with Gasteiger partial charge in [-0.2, -0.15) is 4.57 Å². The molecule has 2 aromatic carbocycles. The second-order valence-electron chi connectivity index (χ2n) is 10.4. The monoisotopic (exact) mass is 648 g/mol. The summed E-state index contributed by atoms with van der Waals surface area (Å²) >= 11 is 8.09. The summed E-state index contributed by atoms with van der Waals surface area (Å²) in [6, 6.07) is 13.2. The summed E-state index contributed by atoms with van der Waals surface area (Å²) in [7, 11) is 0. The molecule has 0 spiro atoms. The highest BCUT2D eigenvalue weighted by Crippen LogP contribution is 2.26. The second-order valence-corrected chi connectivity index (χ2v) is 11.6. The Bertz CT molecular complexity index is 1080. The number of nitrogens with one attached hydrogen (secondary N) is 1. The van der Waals surface area contributed by atoms with Gasteiger partial charge in [-0.3, -0.25) is 4.79 Å². The van der Waals surface area contributed by atoms with Crippen LogP contribution in [0.25, 0.3) is 0 Å². The molecule has 40 heavy (non-hydrogen) atoms. The van der Waals surface area contributed by atoms with Crippen LogP contribution in [0.1, 0.15) is 113 Å². The Balaban J connectivity index is 0.00000560. The lowest BCUT2D eigenvalue weighted by molar-refractivity contribution is -0.683. The quantitative estimate of drug-likeness (QED) is 0.107. The number of rotatable bonds is 20. The summed E-state index contributed by atoms with van der Waals surface area (Å²) in [5, 5.41) is 5.47. The first-order valence-corrected chi connectivity index (χ1v) is 16.2. The molecule has 1 aromatic heterocycles. The third-order valence-corrected chi connectivity index (χ3v) is 8.02. The van der Waals surface area contributed by atoms with Gasteiger partial charge in [0.2, 0.25) is 5.51 Å². The number of nitrogens with zero attached hydrogens (tertiary/aromatic N) is 1. The summed E-state index contributed by atoms with van der Waals surface area (Å²) in [5.41, 5.74) is 4.53. The number of benzene rings is 2. The zero-order valence-electron chi connectivity index (χ0n) is 24.0. The molecule has 0 aliphatic heterocycles. The molecule has 0 unspecified atom stereocenters. The van der Waals surface area contributed by atoms with E-state index in [1.165, 1.54) is 89.0 Å². The molecule has 4 nitrogen and oxygen atoms in total. The van der Waals surface area contributed by atoms with E-state index in [-0.39, 0.29) is 22.9 Å². The molecule has 0 fully saturated rings. The van der Waals surface area contributed by atoms with Crippen molar-refractivity contribution in [2.75, 3.05) is 11.9 Å². The maximum absolute atomic E-state index is 12.7. The molecule has 0 saturated carbocycles. The molecule has 3 rings (SSSR count). The lowest BCUT2D eigenvalue weighted by Gasteiger charge is -2.10. The van der Waals surface area contributed by atoms with E-state index in [0.717, 1.165) is 18.7 Å². The Labute approximate surface area is 261 Å². The summed E-state index contributed by atoms with van der Waals surface area (Å²) < 4.78 is 8.02. The van der Waals surface area contributed by atoms with Gasteiger partial charge >= 0.3 is 0 Å². The Morgan fingerprint density at radius 1 is 0.850 bits per heavy atom. The average molecular weight is 650 g/mol. The molecule has 0 radical (unpaired) electrons. The van der Waals surface area contributed by atoms with Crippen LogP contribution in [0.2, 0.25) is 5.02 Å². The molecular weight excluding hydrogens is 604 g/mol. The van der Waals surface area contributed by atoms with E-state index in [1.807, 2.05) is 24.3 Å². The summed E-state index contributed by atoms with van der Waals surface area (Å²) in [6.45, 7) is 3.74. The highest BCUT2D eigenvalue weighted by atomic mass is 79.9. The predicted octanol–water partition coefficient (Wildman–Crippen LogP) is 6.85. The number of hydrogen-bond acceptors (Lipinski definition) is 3. The molecule has 0 saturated heterocycles. The van der Waals surface area contributed by atoms with Crippen molar-refractivity contribution >= 4 is 34.5 Å². The highest BCUT2D eigenvalue weighted by Gasteiger charge is 2.11. The lowest BCUT2D eigenvalue weighted by Crippen LogP contribution is -3.00. The van der Waals surface area contributed by atoms with Crippen molar-refractivity contribution in [2.45, 2.75) is 103 Å². The van der Waals surface area contributed by atoms with Crippen LogP contribution in [-0.4, -0.2) is 12.5 Å². The molecule has 0 aliphatic rings. The van der Waals surface area contributed by atoms with Gasteiger partial charge in [-0.15, -0.1) is 0 Å². The highest BCUT2D eigenvalue weighted by molar-refractivity contribution is 7.07. The van der Waals surface area contributed by atoms with E-state index in [9.17, 15) is 4.79 Å². The number of amides is 1. The van der Waals surface area contributed by atoms with Crippen LogP contribution in [0.4, 0.5) is 5.69 Å². The van der Waals surface area contributed by atoms with Crippen molar-refractivity contribution in [3.63, 3.8) is 0 Å². The minimum atomic E-state index is -0.185. The Kier molecular flexibility index (Phi) is 17.9. The first-order valence-electron chi connectivity index (χ1n) is 14.9. The molecule has 7 heteroatoms. The second kappa shape index (κ2) is 20.9. The SMILES string of the molecule is CCCCCCCCCCCCCCCCOc1ccc(C(=O)Nc2ccc(C[n+]3ccsc3)cc2)cc1Cl.[Br-]. The number of ether oxygens (including phenoxy) is 1. The van der Waals surface area contributed by atoms with Gasteiger partial charge in [-0.25, -0.2) is 0 Å². The summed E-state index contributed by atoms with van der Waals surface area (Å²) in [4.78, 5) is 12.7. The predicted molar refractivity (Wildman–Crippen MR) is 165 cm³/mol. The minimum absolute atomic E-state index is 0. The fourth-order valence-corrected chi connectivity index (χ4v) is 5.53. The van der Waals surface area contributed by atoms with Gasteiger partial charge < -0.3 is 27.0 Å². The number of unbranched alkanes of at least 4 members (excludes halogenated alkanes) is 13. The smallest absolute Gasteiger partial charge is 0.255 e. The van der Waals surface area contributed by atoms with Crippen LogP contribution in [0.15, 0.2) is 59.6 Å². The Morgan fingerprint density at radius 3 is 2.00 bits per heavy atom. The van der Waals surface area contributed by atoms with Gasteiger partial charge in [0, 0.05) is 16.8 Å². The molecule has 1 N–H and O–H groups in total. The molecule has 220 valence electrons. The normalized spacial score (nSPS) is 10.8. The fraction of sp³-hybridized carbons (Fsp3) is 0.515. The van der Waals surface area contributed by atoms with Crippen LogP contribution in [0, 0.1) is 0 Å². The number of carbonyl (C=O) groups is 1. The molecule has 0 atom stereocenters. The third-order valence-electron chi connectivity index (χ3n) is 7.05. The minimum Gasteiger partial charge on any atom is -1.00 e. The van der Waals surface area contributed by atoms with Crippen molar-refractivity contribution in [1.29, 1.82) is 0 Å². The molecule has 0 bridgehead atoms. The van der Waals surface area contributed by atoms with Crippen molar-refractivity contribution in [1.82, 2.24) is 0 Å². The van der Waals surface area contributed by atoms with E-state index in [0.29, 0.717) is 22.9 Å². The maximum atomic E-state index is 12.7. The maximum Gasteiger partial charge on any atom is 0.255 e. The van der Waals surface area contributed by atoms with Crippen molar-refractivity contribution in [2.24, 2.45) is 0 Å². The average Bonchev–Trinajstić information content (AvgIpc) is 3.45. The lowest BCUT2D eigenvalue weighted by atomic mass is 10.0. The van der Waals surface area contributed by atoms with Crippen molar-refractivity contribution in [3.05, 3.63) is 75.7 Å². The van der Waals surface area contributed by atoms with E-state index < -0.39 is 0 Å². The Morgan fingerprint density at radius 2 is 1.45 bits per heavy atom. The first kappa shape index (κ1) is 34.3. The molecule has 1 amide bonds. The van der Waals surface area contributed by atoms with Crippen molar-refractivity contribution in [3.8, 4) is 5.75 Å². The molecule has 1 heterocycles.